The Morgan fingerprint density at radius 2 is 2.30 bits per heavy atom. The maximum absolute atomic E-state index is 11.3. The monoisotopic (exact) mass is 309 g/mol. The van der Waals surface area contributed by atoms with Crippen molar-refractivity contribution in [1.29, 1.82) is 0 Å². The van der Waals surface area contributed by atoms with Gasteiger partial charge in [0, 0.05) is 24.1 Å². The average molecular weight is 309 g/mol. The van der Waals surface area contributed by atoms with Gasteiger partial charge in [0.1, 0.15) is 11.8 Å². The zero-order valence-corrected chi connectivity index (χ0v) is 12.5. The van der Waals surface area contributed by atoms with Gasteiger partial charge in [-0.2, -0.15) is 5.10 Å². The van der Waals surface area contributed by atoms with Crippen molar-refractivity contribution < 1.29 is 9.90 Å². The van der Waals surface area contributed by atoms with Crippen molar-refractivity contribution in [2.45, 2.75) is 13.3 Å². The molecule has 0 radical (unpaired) electrons. The number of anilines is 3. The lowest BCUT2D eigenvalue weighted by Crippen LogP contribution is -2.00. The van der Waals surface area contributed by atoms with Crippen LogP contribution < -0.4 is 10.6 Å². The summed E-state index contributed by atoms with van der Waals surface area (Å²) in [5.41, 5.74) is 4.85. The van der Waals surface area contributed by atoms with E-state index in [-0.39, 0.29) is 5.56 Å². The van der Waals surface area contributed by atoms with Gasteiger partial charge in [-0.25, -0.2) is 14.3 Å². The molecule has 4 rings (SSSR count). The van der Waals surface area contributed by atoms with Crippen LogP contribution in [-0.2, 0) is 6.42 Å². The van der Waals surface area contributed by atoms with Crippen molar-refractivity contribution in [2.24, 2.45) is 0 Å². The highest BCUT2D eigenvalue weighted by molar-refractivity contribution is 5.94. The first-order valence-electron chi connectivity index (χ1n) is 7.33. The van der Waals surface area contributed by atoms with E-state index in [2.05, 4.69) is 26.8 Å². The highest BCUT2D eigenvalue weighted by Crippen LogP contribution is 2.29. The van der Waals surface area contributed by atoms with Crippen LogP contribution in [0.4, 0.5) is 17.2 Å². The van der Waals surface area contributed by atoms with E-state index >= 15 is 0 Å². The molecule has 0 amide bonds. The number of fused-ring (bicyclic) bond motifs is 2. The van der Waals surface area contributed by atoms with Crippen LogP contribution in [0.5, 0.6) is 0 Å². The van der Waals surface area contributed by atoms with Gasteiger partial charge in [-0.15, -0.1) is 0 Å². The van der Waals surface area contributed by atoms with Crippen molar-refractivity contribution >= 4 is 28.7 Å². The van der Waals surface area contributed by atoms with Crippen molar-refractivity contribution in [3.05, 3.63) is 47.4 Å². The molecule has 0 atom stereocenters. The first kappa shape index (κ1) is 13.6. The van der Waals surface area contributed by atoms with Gasteiger partial charge in [0.05, 0.1) is 5.56 Å². The molecule has 0 saturated carbocycles. The summed E-state index contributed by atoms with van der Waals surface area (Å²) in [5, 5.41) is 20.0. The Labute approximate surface area is 132 Å². The molecule has 1 aliphatic rings. The number of benzene rings is 1. The van der Waals surface area contributed by atoms with Gasteiger partial charge in [0.2, 0.25) is 0 Å². The Bertz CT molecular complexity index is 932. The molecule has 116 valence electrons. The minimum absolute atomic E-state index is 0.226. The number of carboxylic acids is 1. The van der Waals surface area contributed by atoms with Crippen LogP contribution in [0.3, 0.4) is 0 Å². The lowest BCUT2D eigenvalue weighted by molar-refractivity contribution is 0.0696. The normalized spacial score (nSPS) is 12.9. The first-order valence-corrected chi connectivity index (χ1v) is 7.33. The van der Waals surface area contributed by atoms with Crippen molar-refractivity contribution in [3.8, 4) is 0 Å². The average Bonchev–Trinajstić information content (AvgIpc) is 3.12. The number of hydrogen-bond acceptors (Lipinski definition) is 5. The van der Waals surface area contributed by atoms with E-state index in [4.69, 9.17) is 0 Å². The maximum atomic E-state index is 11.3. The Kier molecular flexibility index (Phi) is 2.94. The van der Waals surface area contributed by atoms with Gasteiger partial charge < -0.3 is 15.7 Å². The van der Waals surface area contributed by atoms with E-state index in [9.17, 15) is 9.90 Å². The Hall–Kier alpha value is -3.09. The fourth-order valence-corrected chi connectivity index (χ4v) is 2.97. The first-order chi connectivity index (χ1) is 11.1. The third kappa shape index (κ3) is 2.17. The zero-order valence-electron chi connectivity index (χ0n) is 12.5. The van der Waals surface area contributed by atoms with Crippen LogP contribution in [0, 0.1) is 6.92 Å². The van der Waals surface area contributed by atoms with E-state index in [1.807, 2.05) is 12.1 Å². The number of aromatic carboxylic acids is 1. The van der Waals surface area contributed by atoms with Crippen molar-refractivity contribution in [2.75, 3.05) is 17.2 Å². The summed E-state index contributed by atoms with van der Waals surface area (Å²) in [7, 11) is 0. The van der Waals surface area contributed by atoms with Gasteiger partial charge in [-0.3, -0.25) is 0 Å². The summed E-state index contributed by atoms with van der Waals surface area (Å²) in [6, 6.07) is 6.13. The molecule has 0 bridgehead atoms. The van der Waals surface area contributed by atoms with Crippen molar-refractivity contribution in [1.82, 2.24) is 14.6 Å². The summed E-state index contributed by atoms with van der Waals surface area (Å²) in [6.07, 6.45) is 3.95. The van der Waals surface area contributed by atoms with Gasteiger partial charge >= 0.3 is 5.97 Å². The number of aryl methyl sites for hydroxylation is 1. The number of hydrogen-bond donors (Lipinski definition) is 3. The molecule has 0 unspecified atom stereocenters. The number of aromatic nitrogens is 3. The molecule has 3 heterocycles. The molecule has 7 heteroatoms. The molecule has 3 aromatic rings. The van der Waals surface area contributed by atoms with Gasteiger partial charge in [0.15, 0.2) is 5.82 Å². The lowest BCUT2D eigenvalue weighted by atomic mass is 10.1. The number of carboxylic acid groups (broad SMARTS) is 1. The molecular formula is C16H15N5O2. The Morgan fingerprint density at radius 1 is 1.43 bits per heavy atom. The molecule has 0 saturated heterocycles. The van der Waals surface area contributed by atoms with Gasteiger partial charge in [0.25, 0.3) is 0 Å². The predicted molar refractivity (Wildman–Crippen MR) is 86.6 cm³/mol. The largest absolute Gasteiger partial charge is 0.478 e. The summed E-state index contributed by atoms with van der Waals surface area (Å²) in [4.78, 5) is 15.6. The molecule has 0 fully saturated rings. The smallest absolute Gasteiger partial charge is 0.337 e. The molecule has 1 aromatic carbocycles. The van der Waals surface area contributed by atoms with Crippen LogP contribution in [0.25, 0.3) is 5.52 Å². The molecule has 2 aromatic heterocycles. The van der Waals surface area contributed by atoms with Crippen LogP contribution in [0.2, 0.25) is 0 Å². The lowest BCUT2D eigenvalue weighted by Gasteiger charge is -2.09. The number of nitrogens with one attached hydrogen (secondary N) is 2. The van der Waals surface area contributed by atoms with E-state index < -0.39 is 5.97 Å². The Morgan fingerprint density at radius 3 is 3.13 bits per heavy atom. The third-order valence-corrected chi connectivity index (χ3v) is 4.14. The molecule has 3 N–H and O–H groups in total. The second-order valence-corrected chi connectivity index (χ2v) is 5.55. The molecule has 1 aliphatic heterocycles. The molecule has 0 aliphatic carbocycles. The topological polar surface area (TPSA) is 91.5 Å². The van der Waals surface area contributed by atoms with E-state index in [1.54, 1.807) is 11.4 Å². The van der Waals surface area contributed by atoms with E-state index in [0.29, 0.717) is 16.9 Å². The third-order valence-electron chi connectivity index (χ3n) is 4.14. The van der Waals surface area contributed by atoms with Crippen LogP contribution >= 0.6 is 0 Å². The Balaban J connectivity index is 1.78. The van der Waals surface area contributed by atoms with E-state index in [0.717, 1.165) is 24.3 Å². The molecule has 0 spiro atoms. The predicted octanol–water partition coefficient (Wildman–Crippen LogP) is 2.45. The molecular weight excluding hydrogens is 294 g/mol. The summed E-state index contributed by atoms with van der Waals surface area (Å²) >= 11 is 0. The highest BCUT2D eigenvalue weighted by atomic mass is 16.4. The fraction of sp³-hybridized carbons (Fsp3) is 0.188. The van der Waals surface area contributed by atoms with Gasteiger partial charge in [-0.1, -0.05) is 6.07 Å². The zero-order chi connectivity index (χ0) is 16.0. The molecule has 7 nitrogen and oxygen atoms in total. The fourth-order valence-electron chi connectivity index (χ4n) is 2.97. The minimum Gasteiger partial charge on any atom is -0.478 e. The highest BCUT2D eigenvalue weighted by Gasteiger charge is 2.17. The maximum Gasteiger partial charge on any atom is 0.337 e. The van der Waals surface area contributed by atoms with Crippen LogP contribution in [-0.4, -0.2) is 32.2 Å². The number of rotatable bonds is 3. The second-order valence-electron chi connectivity index (χ2n) is 5.55. The van der Waals surface area contributed by atoms with Crippen molar-refractivity contribution in [3.63, 3.8) is 0 Å². The standard InChI is InChI=1S/C16H15N5O2/c1-9-12(16(22)23)7-21-14(9)15(18-8-19-21)20-11-3-2-10-4-5-17-13(10)6-11/h2-3,6-8,17H,4-5H2,1H3,(H,22,23)(H,18,19,20). The number of nitrogens with zero attached hydrogens (tertiary/aromatic N) is 3. The van der Waals surface area contributed by atoms with Gasteiger partial charge in [-0.05, 0) is 36.6 Å². The SMILES string of the molecule is Cc1c(C(=O)O)cn2ncnc(Nc3ccc4c(c3)NCC4)c12. The summed E-state index contributed by atoms with van der Waals surface area (Å²) < 4.78 is 1.54. The number of carbonyl (C=O) groups is 1. The van der Waals surface area contributed by atoms with Crippen LogP contribution in [0.15, 0.2) is 30.7 Å². The second kappa shape index (κ2) is 4.98. The minimum atomic E-state index is -0.972. The summed E-state index contributed by atoms with van der Waals surface area (Å²) in [5.74, 6) is -0.386. The summed E-state index contributed by atoms with van der Waals surface area (Å²) in [6.45, 7) is 2.72. The quantitative estimate of drug-likeness (QED) is 0.688. The van der Waals surface area contributed by atoms with E-state index in [1.165, 1.54) is 18.1 Å². The van der Waals surface area contributed by atoms with Crippen LogP contribution in [0.1, 0.15) is 21.5 Å². The molecule has 23 heavy (non-hydrogen) atoms.